The molecule has 1 aliphatic rings. The van der Waals surface area contributed by atoms with Crippen LogP contribution < -0.4 is 0 Å². The number of nitrogens with zero attached hydrogens (tertiary/aromatic N) is 1. The summed E-state index contributed by atoms with van der Waals surface area (Å²) in [5.41, 5.74) is 1.26. The number of likely N-dealkylation sites (tertiary alicyclic amines) is 1. The highest BCUT2D eigenvalue weighted by molar-refractivity contribution is 5.13. The zero-order valence-electron chi connectivity index (χ0n) is 12.5. The maximum Gasteiger partial charge on any atom is 0.0717 e. The molecule has 1 aliphatic heterocycles. The first-order valence-corrected chi connectivity index (χ1v) is 7.56. The first-order valence-electron chi connectivity index (χ1n) is 7.56. The molecule has 0 radical (unpaired) electrons. The fraction of sp³-hybridized carbons (Fsp3) is 0.647. The van der Waals surface area contributed by atoms with Crippen LogP contribution in [0.25, 0.3) is 0 Å². The Hall–Kier alpha value is -0.860. The second kappa shape index (κ2) is 7.06. The molecule has 2 rings (SSSR count). The summed E-state index contributed by atoms with van der Waals surface area (Å²) in [5.74, 6) is 0.749. The van der Waals surface area contributed by atoms with E-state index in [1.54, 1.807) is 0 Å². The van der Waals surface area contributed by atoms with Crippen LogP contribution in [0.4, 0.5) is 0 Å². The van der Waals surface area contributed by atoms with Crippen LogP contribution in [0.15, 0.2) is 30.3 Å². The number of hydrogen-bond acceptors (Lipinski definition) is 2. The molecule has 2 unspecified atom stereocenters. The highest BCUT2D eigenvalue weighted by atomic mass is 16.5. The molecule has 0 aromatic heterocycles. The lowest BCUT2D eigenvalue weighted by Gasteiger charge is -2.30. The summed E-state index contributed by atoms with van der Waals surface area (Å²) in [6, 6.07) is 11.9. The van der Waals surface area contributed by atoms with Crippen molar-refractivity contribution in [2.45, 2.75) is 52.3 Å². The lowest BCUT2D eigenvalue weighted by Crippen LogP contribution is -2.39. The van der Waals surface area contributed by atoms with Gasteiger partial charge < -0.3 is 4.74 Å². The fourth-order valence-electron chi connectivity index (χ4n) is 3.11. The molecule has 0 N–H and O–H groups in total. The molecule has 106 valence electrons. The summed E-state index contributed by atoms with van der Waals surface area (Å²) in [7, 11) is 0. The lowest BCUT2D eigenvalue weighted by atomic mass is 10.0. The molecule has 2 nitrogen and oxygen atoms in total. The van der Waals surface area contributed by atoms with Gasteiger partial charge in [0.15, 0.2) is 0 Å². The Labute approximate surface area is 117 Å². The van der Waals surface area contributed by atoms with E-state index in [1.807, 2.05) is 6.07 Å². The van der Waals surface area contributed by atoms with Crippen molar-refractivity contribution in [2.24, 2.45) is 5.92 Å². The molecular formula is C17H27NO. The van der Waals surface area contributed by atoms with Gasteiger partial charge in [-0.1, -0.05) is 44.2 Å². The fourth-order valence-corrected chi connectivity index (χ4v) is 3.11. The van der Waals surface area contributed by atoms with Crippen LogP contribution in [0.3, 0.4) is 0 Å². The third-order valence-corrected chi connectivity index (χ3v) is 4.25. The Bertz CT molecular complexity index is 363. The summed E-state index contributed by atoms with van der Waals surface area (Å²) in [6.07, 6.45) is 2.68. The standard InChI is InChI=1S/C17H27NO/c1-14(2)17-10-9-15(3)18(17)11-12-19-13-16-7-5-4-6-8-16/h4-8,14-15,17H,9-13H2,1-3H3. The summed E-state index contributed by atoms with van der Waals surface area (Å²) in [6.45, 7) is 9.65. The first-order chi connectivity index (χ1) is 9.18. The molecule has 1 aromatic carbocycles. The van der Waals surface area contributed by atoms with Crippen molar-refractivity contribution in [3.05, 3.63) is 35.9 Å². The largest absolute Gasteiger partial charge is 0.375 e. The van der Waals surface area contributed by atoms with E-state index >= 15 is 0 Å². The Balaban J connectivity index is 1.72. The average Bonchev–Trinajstić information content (AvgIpc) is 2.77. The molecule has 19 heavy (non-hydrogen) atoms. The minimum absolute atomic E-state index is 0.715. The predicted octanol–water partition coefficient (Wildman–Crippen LogP) is 3.71. The molecule has 0 amide bonds. The molecular weight excluding hydrogens is 234 g/mol. The van der Waals surface area contributed by atoms with E-state index in [-0.39, 0.29) is 0 Å². The van der Waals surface area contributed by atoms with Gasteiger partial charge in [0.05, 0.1) is 13.2 Å². The SMILES string of the molecule is CC(C)C1CCC(C)N1CCOCc1ccccc1. The predicted molar refractivity (Wildman–Crippen MR) is 80.1 cm³/mol. The van der Waals surface area contributed by atoms with Crippen LogP contribution in [-0.4, -0.2) is 30.1 Å². The average molecular weight is 261 g/mol. The normalized spacial score (nSPS) is 24.2. The number of ether oxygens (including phenoxy) is 1. The number of hydrogen-bond donors (Lipinski definition) is 0. The topological polar surface area (TPSA) is 12.5 Å². The minimum Gasteiger partial charge on any atom is -0.375 e. The molecule has 0 spiro atoms. The number of rotatable bonds is 6. The van der Waals surface area contributed by atoms with Crippen LogP contribution in [0.1, 0.15) is 39.2 Å². The zero-order chi connectivity index (χ0) is 13.7. The van der Waals surface area contributed by atoms with Gasteiger partial charge in [0.2, 0.25) is 0 Å². The van der Waals surface area contributed by atoms with E-state index in [0.717, 1.165) is 31.7 Å². The molecule has 1 fully saturated rings. The van der Waals surface area contributed by atoms with Gasteiger partial charge in [-0.2, -0.15) is 0 Å². The van der Waals surface area contributed by atoms with Crippen LogP contribution in [0.5, 0.6) is 0 Å². The third-order valence-electron chi connectivity index (χ3n) is 4.25. The molecule has 0 aliphatic carbocycles. The highest BCUT2D eigenvalue weighted by Gasteiger charge is 2.31. The Morgan fingerprint density at radius 1 is 1.21 bits per heavy atom. The van der Waals surface area contributed by atoms with Gasteiger partial charge >= 0.3 is 0 Å². The van der Waals surface area contributed by atoms with Gasteiger partial charge in [-0.25, -0.2) is 0 Å². The zero-order valence-corrected chi connectivity index (χ0v) is 12.5. The van der Waals surface area contributed by atoms with Crippen LogP contribution in [-0.2, 0) is 11.3 Å². The maximum absolute atomic E-state index is 5.82. The van der Waals surface area contributed by atoms with Gasteiger partial charge in [-0.05, 0) is 31.2 Å². The third kappa shape index (κ3) is 4.05. The van der Waals surface area contributed by atoms with Crippen molar-refractivity contribution >= 4 is 0 Å². The van der Waals surface area contributed by atoms with E-state index in [1.165, 1.54) is 18.4 Å². The molecule has 2 atom stereocenters. The first kappa shape index (κ1) is 14.5. The van der Waals surface area contributed by atoms with Crippen LogP contribution >= 0.6 is 0 Å². The van der Waals surface area contributed by atoms with Gasteiger partial charge in [-0.3, -0.25) is 4.90 Å². The van der Waals surface area contributed by atoms with Gasteiger partial charge in [0.1, 0.15) is 0 Å². The van der Waals surface area contributed by atoms with E-state index in [9.17, 15) is 0 Å². The highest BCUT2D eigenvalue weighted by Crippen LogP contribution is 2.28. The summed E-state index contributed by atoms with van der Waals surface area (Å²) in [4.78, 5) is 2.63. The molecule has 1 heterocycles. The summed E-state index contributed by atoms with van der Waals surface area (Å²) in [5, 5.41) is 0. The molecule has 1 saturated heterocycles. The van der Waals surface area contributed by atoms with Crippen LogP contribution in [0.2, 0.25) is 0 Å². The summed E-state index contributed by atoms with van der Waals surface area (Å²) >= 11 is 0. The molecule has 1 aromatic rings. The smallest absolute Gasteiger partial charge is 0.0717 e. The lowest BCUT2D eigenvalue weighted by molar-refractivity contribution is 0.0691. The van der Waals surface area contributed by atoms with Crippen molar-refractivity contribution < 1.29 is 4.74 Å². The number of benzene rings is 1. The van der Waals surface area contributed by atoms with Crippen molar-refractivity contribution in [3.8, 4) is 0 Å². The monoisotopic (exact) mass is 261 g/mol. The molecule has 0 bridgehead atoms. The van der Waals surface area contributed by atoms with E-state index in [0.29, 0.717) is 6.04 Å². The van der Waals surface area contributed by atoms with Crippen molar-refractivity contribution in [1.29, 1.82) is 0 Å². The minimum atomic E-state index is 0.715. The maximum atomic E-state index is 5.82. The quantitative estimate of drug-likeness (QED) is 0.724. The van der Waals surface area contributed by atoms with Crippen molar-refractivity contribution in [1.82, 2.24) is 4.90 Å². The van der Waals surface area contributed by atoms with Gasteiger partial charge in [0, 0.05) is 18.6 Å². The van der Waals surface area contributed by atoms with Gasteiger partial charge in [0.25, 0.3) is 0 Å². The summed E-state index contributed by atoms with van der Waals surface area (Å²) < 4.78 is 5.82. The van der Waals surface area contributed by atoms with Crippen molar-refractivity contribution in [2.75, 3.05) is 13.2 Å². The van der Waals surface area contributed by atoms with E-state index in [4.69, 9.17) is 4.74 Å². The Morgan fingerprint density at radius 2 is 1.95 bits per heavy atom. The second-order valence-electron chi connectivity index (χ2n) is 6.01. The Kier molecular flexibility index (Phi) is 5.41. The molecule has 2 heteroatoms. The molecule has 0 saturated carbocycles. The second-order valence-corrected chi connectivity index (χ2v) is 6.01. The Morgan fingerprint density at radius 3 is 2.63 bits per heavy atom. The van der Waals surface area contributed by atoms with E-state index in [2.05, 4.69) is 49.9 Å². The van der Waals surface area contributed by atoms with Gasteiger partial charge in [-0.15, -0.1) is 0 Å². The van der Waals surface area contributed by atoms with E-state index < -0.39 is 0 Å². The van der Waals surface area contributed by atoms with Crippen LogP contribution in [0, 0.1) is 5.92 Å². The van der Waals surface area contributed by atoms with Crippen molar-refractivity contribution in [3.63, 3.8) is 0 Å².